The van der Waals surface area contributed by atoms with E-state index in [-0.39, 0.29) is 23.3 Å². The lowest BCUT2D eigenvalue weighted by Crippen LogP contribution is -2.40. The Bertz CT molecular complexity index is 502. The Morgan fingerprint density at radius 3 is 2.74 bits per heavy atom. The molecule has 1 aliphatic heterocycles. The van der Waals surface area contributed by atoms with Crippen molar-refractivity contribution in [2.45, 2.75) is 12.8 Å². The standard InChI is InChI=1S/C12H13N3O4/c16-10-4-2-7(5-14-10)11(17)15-9-3-1-8(6-13-9)12(18)19/h1,3,6-7H,2,4-5H2,(H,14,16)(H,18,19)(H,13,15,17). The summed E-state index contributed by atoms with van der Waals surface area (Å²) in [7, 11) is 0. The molecule has 2 heterocycles. The number of aromatic carboxylic acids is 1. The van der Waals surface area contributed by atoms with E-state index in [0.29, 0.717) is 25.2 Å². The summed E-state index contributed by atoms with van der Waals surface area (Å²) in [6, 6.07) is 2.80. The summed E-state index contributed by atoms with van der Waals surface area (Å²) in [4.78, 5) is 37.3. The molecule has 0 spiro atoms. The lowest BCUT2D eigenvalue weighted by Gasteiger charge is -2.21. The van der Waals surface area contributed by atoms with Crippen molar-refractivity contribution < 1.29 is 19.5 Å². The zero-order valence-corrected chi connectivity index (χ0v) is 10.0. The van der Waals surface area contributed by atoms with Crippen molar-refractivity contribution in [3.8, 4) is 0 Å². The minimum atomic E-state index is -1.07. The molecule has 1 aromatic rings. The van der Waals surface area contributed by atoms with Gasteiger partial charge in [0.15, 0.2) is 0 Å². The smallest absolute Gasteiger partial charge is 0.337 e. The third kappa shape index (κ3) is 3.27. The van der Waals surface area contributed by atoms with Crippen molar-refractivity contribution in [1.82, 2.24) is 10.3 Å². The van der Waals surface area contributed by atoms with E-state index in [1.165, 1.54) is 18.3 Å². The van der Waals surface area contributed by atoms with E-state index < -0.39 is 5.97 Å². The number of carboxylic acids is 1. The number of hydrogen-bond acceptors (Lipinski definition) is 4. The number of anilines is 1. The Morgan fingerprint density at radius 2 is 2.21 bits per heavy atom. The second-order valence-corrected chi connectivity index (χ2v) is 4.27. The quantitative estimate of drug-likeness (QED) is 0.724. The molecule has 7 nitrogen and oxygen atoms in total. The fourth-order valence-corrected chi connectivity index (χ4v) is 1.78. The number of pyridine rings is 1. The van der Waals surface area contributed by atoms with Gasteiger partial charge in [0.1, 0.15) is 5.82 Å². The van der Waals surface area contributed by atoms with Crippen LogP contribution in [0.15, 0.2) is 18.3 Å². The van der Waals surface area contributed by atoms with Gasteiger partial charge in [0.05, 0.1) is 11.5 Å². The molecule has 0 bridgehead atoms. The van der Waals surface area contributed by atoms with Crippen LogP contribution in [-0.2, 0) is 9.59 Å². The van der Waals surface area contributed by atoms with E-state index in [1.54, 1.807) is 0 Å². The summed E-state index contributed by atoms with van der Waals surface area (Å²) in [5.41, 5.74) is 0.0583. The predicted octanol–water partition coefficient (Wildman–Crippen LogP) is 0.244. The van der Waals surface area contributed by atoms with E-state index in [1.807, 2.05) is 0 Å². The maximum atomic E-state index is 11.9. The highest BCUT2D eigenvalue weighted by Crippen LogP contribution is 2.13. The number of amides is 2. The Morgan fingerprint density at radius 1 is 1.42 bits per heavy atom. The van der Waals surface area contributed by atoms with Crippen LogP contribution in [0.2, 0.25) is 0 Å². The predicted molar refractivity (Wildman–Crippen MR) is 65.6 cm³/mol. The number of carboxylic acid groups (broad SMARTS) is 1. The molecule has 1 atom stereocenters. The van der Waals surface area contributed by atoms with E-state index in [2.05, 4.69) is 15.6 Å². The summed E-state index contributed by atoms with van der Waals surface area (Å²) < 4.78 is 0. The molecule has 1 saturated heterocycles. The van der Waals surface area contributed by atoms with E-state index >= 15 is 0 Å². The van der Waals surface area contributed by atoms with Crippen LogP contribution in [0.1, 0.15) is 23.2 Å². The number of carbonyl (C=O) groups excluding carboxylic acids is 2. The fourth-order valence-electron chi connectivity index (χ4n) is 1.78. The second-order valence-electron chi connectivity index (χ2n) is 4.27. The van der Waals surface area contributed by atoms with Crippen molar-refractivity contribution in [2.75, 3.05) is 11.9 Å². The molecule has 2 amide bonds. The van der Waals surface area contributed by atoms with Gasteiger partial charge in [-0.15, -0.1) is 0 Å². The van der Waals surface area contributed by atoms with E-state index in [0.717, 1.165) is 0 Å². The van der Waals surface area contributed by atoms with Crippen molar-refractivity contribution in [1.29, 1.82) is 0 Å². The average molecular weight is 263 g/mol. The molecule has 0 saturated carbocycles. The van der Waals surface area contributed by atoms with Crippen LogP contribution in [0.3, 0.4) is 0 Å². The molecule has 1 unspecified atom stereocenters. The van der Waals surface area contributed by atoms with Crippen LogP contribution >= 0.6 is 0 Å². The highest BCUT2D eigenvalue weighted by Gasteiger charge is 2.24. The van der Waals surface area contributed by atoms with Crippen molar-refractivity contribution >= 4 is 23.6 Å². The maximum Gasteiger partial charge on any atom is 0.337 e. The fraction of sp³-hybridized carbons (Fsp3) is 0.333. The van der Waals surface area contributed by atoms with Gasteiger partial charge in [-0.2, -0.15) is 0 Å². The van der Waals surface area contributed by atoms with E-state index in [4.69, 9.17) is 5.11 Å². The Kier molecular flexibility index (Phi) is 3.74. The van der Waals surface area contributed by atoms with Gasteiger partial charge in [0, 0.05) is 19.2 Å². The van der Waals surface area contributed by atoms with Crippen LogP contribution < -0.4 is 10.6 Å². The maximum absolute atomic E-state index is 11.9. The number of hydrogen-bond donors (Lipinski definition) is 3. The first-order chi connectivity index (χ1) is 9.06. The third-order valence-corrected chi connectivity index (χ3v) is 2.90. The monoisotopic (exact) mass is 263 g/mol. The largest absolute Gasteiger partial charge is 0.478 e. The number of piperidine rings is 1. The zero-order valence-electron chi connectivity index (χ0n) is 10.0. The number of nitrogens with one attached hydrogen (secondary N) is 2. The molecule has 0 aliphatic carbocycles. The van der Waals surface area contributed by atoms with Gasteiger partial charge in [0.25, 0.3) is 0 Å². The molecule has 0 radical (unpaired) electrons. The molecule has 1 aliphatic rings. The summed E-state index contributed by atoms with van der Waals surface area (Å²) >= 11 is 0. The minimum Gasteiger partial charge on any atom is -0.478 e. The third-order valence-electron chi connectivity index (χ3n) is 2.90. The topological polar surface area (TPSA) is 108 Å². The van der Waals surface area contributed by atoms with Gasteiger partial charge < -0.3 is 15.7 Å². The lowest BCUT2D eigenvalue weighted by molar-refractivity contribution is -0.126. The van der Waals surface area contributed by atoms with Crippen LogP contribution in [0, 0.1) is 5.92 Å². The Hall–Kier alpha value is -2.44. The number of aromatic nitrogens is 1. The SMILES string of the molecule is O=C1CCC(C(=O)Nc2ccc(C(=O)O)cn2)CN1. The molecule has 100 valence electrons. The summed E-state index contributed by atoms with van der Waals surface area (Å²) in [6.07, 6.45) is 2.02. The molecule has 3 N–H and O–H groups in total. The first-order valence-corrected chi connectivity index (χ1v) is 5.83. The number of nitrogens with zero attached hydrogens (tertiary/aromatic N) is 1. The van der Waals surface area contributed by atoms with Crippen LogP contribution in [0.4, 0.5) is 5.82 Å². The van der Waals surface area contributed by atoms with Crippen LogP contribution in [0.5, 0.6) is 0 Å². The van der Waals surface area contributed by atoms with Gasteiger partial charge in [-0.3, -0.25) is 9.59 Å². The first kappa shape index (κ1) is 13.0. The highest BCUT2D eigenvalue weighted by molar-refractivity contribution is 5.93. The molecule has 1 fully saturated rings. The first-order valence-electron chi connectivity index (χ1n) is 5.83. The summed E-state index contributed by atoms with van der Waals surface area (Å²) in [5.74, 6) is -1.32. The van der Waals surface area contributed by atoms with Gasteiger partial charge in [-0.1, -0.05) is 0 Å². The Labute approximate surface area is 109 Å². The van der Waals surface area contributed by atoms with Crippen LogP contribution in [0.25, 0.3) is 0 Å². The van der Waals surface area contributed by atoms with Crippen molar-refractivity contribution in [3.05, 3.63) is 23.9 Å². The molecule has 2 rings (SSSR count). The zero-order chi connectivity index (χ0) is 13.8. The summed E-state index contributed by atoms with van der Waals surface area (Å²) in [6.45, 7) is 0.317. The number of carbonyl (C=O) groups is 3. The molecule has 7 heteroatoms. The number of rotatable bonds is 3. The normalized spacial score (nSPS) is 18.5. The molecule has 19 heavy (non-hydrogen) atoms. The molecule has 1 aromatic heterocycles. The highest BCUT2D eigenvalue weighted by atomic mass is 16.4. The minimum absolute atomic E-state index is 0.0482. The van der Waals surface area contributed by atoms with Crippen LogP contribution in [-0.4, -0.2) is 34.4 Å². The second kappa shape index (κ2) is 5.47. The average Bonchev–Trinajstić information content (AvgIpc) is 2.40. The van der Waals surface area contributed by atoms with Gasteiger partial charge in [-0.25, -0.2) is 9.78 Å². The molecule has 0 aromatic carbocycles. The van der Waals surface area contributed by atoms with Gasteiger partial charge in [-0.05, 0) is 18.6 Å². The lowest BCUT2D eigenvalue weighted by atomic mass is 9.98. The van der Waals surface area contributed by atoms with Crippen molar-refractivity contribution in [2.24, 2.45) is 5.92 Å². The Balaban J connectivity index is 1.95. The van der Waals surface area contributed by atoms with Crippen molar-refractivity contribution in [3.63, 3.8) is 0 Å². The van der Waals surface area contributed by atoms with Gasteiger partial charge in [0.2, 0.25) is 11.8 Å². The van der Waals surface area contributed by atoms with E-state index in [9.17, 15) is 14.4 Å². The summed E-state index contributed by atoms with van der Waals surface area (Å²) in [5, 5.41) is 13.9. The molecular weight excluding hydrogens is 250 g/mol. The van der Waals surface area contributed by atoms with Gasteiger partial charge >= 0.3 is 5.97 Å². The molecular formula is C12H13N3O4.